The molecular formula is C16H12ClFN2O3. The zero-order chi connectivity index (χ0) is 16.4. The summed E-state index contributed by atoms with van der Waals surface area (Å²) in [6.07, 6.45) is 0. The lowest BCUT2D eigenvalue weighted by Gasteiger charge is -2.05. The van der Waals surface area contributed by atoms with Gasteiger partial charge in [0.15, 0.2) is 0 Å². The molecule has 0 saturated carbocycles. The molecule has 118 valence electrons. The number of rotatable bonds is 4. The third-order valence-electron chi connectivity index (χ3n) is 3.25. The van der Waals surface area contributed by atoms with Crippen LogP contribution in [-0.4, -0.2) is 16.9 Å². The predicted octanol–water partition coefficient (Wildman–Crippen LogP) is 3.35. The van der Waals surface area contributed by atoms with E-state index in [1.54, 1.807) is 18.2 Å². The minimum absolute atomic E-state index is 0.134. The minimum Gasteiger partial charge on any atom is -0.495 e. The van der Waals surface area contributed by atoms with Crippen LogP contribution in [0.4, 0.5) is 4.39 Å². The lowest BCUT2D eigenvalue weighted by molar-refractivity contribution is 0.414. The van der Waals surface area contributed by atoms with Crippen molar-refractivity contribution in [2.75, 3.05) is 7.11 Å². The first-order valence-corrected chi connectivity index (χ1v) is 7.11. The average Bonchev–Trinajstić information content (AvgIpc) is 2.89. The van der Waals surface area contributed by atoms with Gasteiger partial charge in [-0.05, 0) is 42.0 Å². The summed E-state index contributed by atoms with van der Waals surface area (Å²) in [4.78, 5) is 11.9. The standard InChI is InChI=1S/C16H12ClFN2O3/c1-22-14-7-2-10(8-13(14)17)9-20-16(21)23-15(19-20)11-3-5-12(18)6-4-11/h2-8H,9H2,1H3. The number of benzene rings is 2. The molecule has 0 aliphatic carbocycles. The van der Waals surface area contributed by atoms with E-state index in [9.17, 15) is 9.18 Å². The maximum Gasteiger partial charge on any atom is 0.437 e. The van der Waals surface area contributed by atoms with Gasteiger partial charge in [0.1, 0.15) is 11.6 Å². The maximum absolute atomic E-state index is 12.9. The summed E-state index contributed by atoms with van der Waals surface area (Å²) >= 11 is 6.06. The molecule has 0 saturated heterocycles. The monoisotopic (exact) mass is 334 g/mol. The smallest absolute Gasteiger partial charge is 0.437 e. The number of ether oxygens (including phenoxy) is 1. The van der Waals surface area contributed by atoms with E-state index in [-0.39, 0.29) is 18.3 Å². The lowest BCUT2D eigenvalue weighted by Crippen LogP contribution is -2.16. The van der Waals surface area contributed by atoms with E-state index in [0.717, 1.165) is 5.56 Å². The summed E-state index contributed by atoms with van der Waals surface area (Å²) in [5.74, 6) is -0.288. The maximum atomic E-state index is 12.9. The Morgan fingerprint density at radius 1 is 1.26 bits per heavy atom. The second-order valence-corrected chi connectivity index (χ2v) is 5.21. The van der Waals surface area contributed by atoms with Gasteiger partial charge in [-0.15, -0.1) is 5.10 Å². The van der Waals surface area contributed by atoms with Crippen molar-refractivity contribution in [1.82, 2.24) is 9.78 Å². The van der Waals surface area contributed by atoms with Gasteiger partial charge in [0, 0.05) is 5.56 Å². The van der Waals surface area contributed by atoms with E-state index in [1.807, 2.05) is 0 Å². The molecule has 0 aliphatic heterocycles. The van der Waals surface area contributed by atoms with Crippen molar-refractivity contribution < 1.29 is 13.5 Å². The Hall–Kier alpha value is -2.60. The fraction of sp³-hybridized carbons (Fsp3) is 0.125. The fourth-order valence-electron chi connectivity index (χ4n) is 2.10. The summed E-state index contributed by atoms with van der Waals surface area (Å²) in [5.41, 5.74) is 1.30. The molecule has 5 nitrogen and oxygen atoms in total. The lowest BCUT2D eigenvalue weighted by atomic mass is 10.2. The van der Waals surface area contributed by atoms with Crippen LogP contribution in [-0.2, 0) is 6.54 Å². The summed E-state index contributed by atoms with van der Waals surface area (Å²) in [6.45, 7) is 0.202. The van der Waals surface area contributed by atoms with Crippen LogP contribution in [0.25, 0.3) is 11.5 Å². The quantitative estimate of drug-likeness (QED) is 0.734. The second kappa shape index (κ2) is 6.26. The van der Waals surface area contributed by atoms with Crippen molar-refractivity contribution in [2.45, 2.75) is 6.54 Å². The second-order valence-electron chi connectivity index (χ2n) is 4.81. The third kappa shape index (κ3) is 3.27. The molecule has 0 N–H and O–H groups in total. The van der Waals surface area contributed by atoms with Crippen LogP contribution in [0.5, 0.6) is 5.75 Å². The van der Waals surface area contributed by atoms with Crippen LogP contribution in [0.1, 0.15) is 5.56 Å². The van der Waals surface area contributed by atoms with Crippen molar-refractivity contribution in [1.29, 1.82) is 0 Å². The van der Waals surface area contributed by atoms with E-state index in [0.29, 0.717) is 16.3 Å². The van der Waals surface area contributed by atoms with Crippen molar-refractivity contribution in [3.8, 4) is 17.2 Å². The van der Waals surface area contributed by atoms with Crippen LogP contribution in [0.2, 0.25) is 5.02 Å². The van der Waals surface area contributed by atoms with Gasteiger partial charge in [-0.2, -0.15) is 4.68 Å². The first-order chi connectivity index (χ1) is 11.1. The highest BCUT2D eigenvalue weighted by atomic mass is 35.5. The highest BCUT2D eigenvalue weighted by Gasteiger charge is 2.11. The number of hydrogen-bond donors (Lipinski definition) is 0. The highest BCUT2D eigenvalue weighted by Crippen LogP contribution is 2.25. The molecule has 1 heterocycles. The summed E-state index contributed by atoms with van der Waals surface area (Å²) in [7, 11) is 1.53. The largest absolute Gasteiger partial charge is 0.495 e. The van der Waals surface area contributed by atoms with Gasteiger partial charge in [0.05, 0.1) is 18.7 Å². The van der Waals surface area contributed by atoms with Crippen molar-refractivity contribution in [2.24, 2.45) is 0 Å². The molecule has 3 rings (SSSR count). The highest BCUT2D eigenvalue weighted by molar-refractivity contribution is 6.32. The van der Waals surface area contributed by atoms with Gasteiger partial charge in [0.25, 0.3) is 0 Å². The van der Waals surface area contributed by atoms with Gasteiger partial charge < -0.3 is 9.15 Å². The molecule has 23 heavy (non-hydrogen) atoms. The SMILES string of the molecule is COc1ccc(Cn2nc(-c3ccc(F)cc3)oc2=O)cc1Cl. The van der Waals surface area contributed by atoms with E-state index in [4.69, 9.17) is 20.8 Å². The fourth-order valence-corrected chi connectivity index (χ4v) is 2.38. The Bertz CT molecular complexity index is 887. The first kappa shape index (κ1) is 15.3. The number of halogens is 2. The molecule has 0 radical (unpaired) electrons. The topological polar surface area (TPSA) is 57.3 Å². The van der Waals surface area contributed by atoms with E-state index in [1.165, 1.54) is 36.1 Å². The van der Waals surface area contributed by atoms with E-state index in [2.05, 4.69) is 5.10 Å². The van der Waals surface area contributed by atoms with Crippen LogP contribution in [0, 0.1) is 5.82 Å². The molecule has 0 fully saturated rings. The molecule has 0 bridgehead atoms. The Morgan fingerprint density at radius 3 is 2.65 bits per heavy atom. The zero-order valence-corrected chi connectivity index (χ0v) is 12.9. The van der Waals surface area contributed by atoms with Crippen LogP contribution < -0.4 is 10.5 Å². The molecule has 0 spiro atoms. The number of methoxy groups -OCH3 is 1. The van der Waals surface area contributed by atoms with Crippen LogP contribution in [0.15, 0.2) is 51.7 Å². The number of nitrogens with zero attached hydrogens (tertiary/aromatic N) is 2. The molecule has 1 aromatic heterocycles. The van der Waals surface area contributed by atoms with Gasteiger partial charge in [0.2, 0.25) is 5.89 Å². The molecule has 7 heteroatoms. The Kier molecular flexibility index (Phi) is 4.16. The Morgan fingerprint density at radius 2 is 2.00 bits per heavy atom. The number of hydrogen-bond acceptors (Lipinski definition) is 4. The van der Waals surface area contributed by atoms with Crippen molar-refractivity contribution >= 4 is 11.6 Å². The summed E-state index contributed by atoms with van der Waals surface area (Å²) in [6, 6.07) is 10.7. The van der Waals surface area contributed by atoms with E-state index < -0.39 is 5.76 Å². The van der Waals surface area contributed by atoms with Gasteiger partial charge in [-0.3, -0.25) is 0 Å². The molecule has 0 aliphatic rings. The predicted molar refractivity (Wildman–Crippen MR) is 83.3 cm³/mol. The molecule has 3 aromatic rings. The first-order valence-electron chi connectivity index (χ1n) is 6.73. The average molecular weight is 335 g/mol. The van der Waals surface area contributed by atoms with Crippen LogP contribution in [0.3, 0.4) is 0 Å². The molecule has 0 amide bonds. The molecule has 0 unspecified atom stereocenters. The minimum atomic E-state index is -0.601. The van der Waals surface area contributed by atoms with Gasteiger partial charge in [-0.1, -0.05) is 17.7 Å². The summed E-state index contributed by atoms with van der Waals surface area (Å²) < 4.78 is 24.3. The Labute approximate surface area is 135 Å². The molecular weight excluding hydrogens is 323 g/mol. The van der Waals surface area contributed by atoms with E-state index >= 15 is 0 Å². The van der Waals surface area contributed by atoms with Gasteiger partial charge >= 0.3 is 5.76 Å². The van der Waals surface area contributed by atoms with Crippen LogP contribution >= 0.6 is 11.6 Å². The normalized spacial score (nSPS) is 10.7. The number of aromatic nitrogens is 2. The third-order valence-corrected chi connectivity index (χ3v) is 3.54. The molecule has 2 aromatic carbocycles. The Balaban J connectivity index is 1.88. The molecule has 0 atom stereocenters. The van der Waals surface area contributed by atoms with Crippen molar-refractivity contribution in [3.63, 3.8) is 0 Å². The van der Waals surface area contributed by atoms with Crippen molar-refractivity contribution in [3.05, 3.63) is 69.4 Å². The zero-order valence-electron chi connectivity index (χ0n) is 12.1. The van der Waals surface area contributed by atoms with Gasteiger partial charge in [-0.25, -0.2) is 9.18 Å². The summed E-state index contributed by atoms with van der Waals surface area (Å²) in [5, 5.41) is 4.56.